The molecule has 0 N–H and O–H groups in total. The average Bonchev–Trinajstić information content (AvgIpc) is 2.80. The van der Waals surface area contributed by atoms with Crippen molar-refractivity contribution >= 4 is 32.7 Å². The van der Waals surface area contributed by atoms with Gasteiger partial charge in [-0.3, -0.25) is 14.2 Å². The maximum Gasteiger partial charge on any atom is 0.266 e. The quantitative estimate of drug-likeness (QED) is 0.389. The van der Waals surface area contributed by atoms with Crippen molar-refractivity contribution in [1.82, 2.24) is 14.5 Å². The SMILES string of the molecule is CCN(C(=O)c1ccccc1)C(C)c1nc2ccccc2c(=O)n1-c1ccc(Br)cc1. The Morgan fingerprint density at radius 3 is 2.32 bits per heavy atom. The van der Waals surface area contributed by atoms with Gasteiger partial charge in [0.25, 0.3) is 11.5 Å². The molecule has 3 aromatic carbocycles. The molecule has 0 aliphatic carbocycles. The summed E-state index contributed by atoms with van der Waals surface area (Å²) in [5, 5.41) is 0.541. The molecular formula is C25H22BrN3O2. The van der Waals surface area contributed by atoms with Gasteiger partial charge in [-0.15, -0.1) is 0 Å². The summed E-state index contributed by atoms with van der Waals surface area (Å²) in [4.78, 5) is 33.3. The van der Waals surface area contributed by atoms with E-state index in [0.29, 0.717) is 34.5 Å². The first kappa shape index (κ1) is 21.0. The Bertz CT molecular complexity index is 1280. The van der Waals surface area contributed by atoms with Crippen molar-refractivity contribution in [2.75, 3.05) is 6.54 Å². The van der Waals surface area contributed by atoms with E-state index in [1.54, 1.807) is 27.7 Å². The predicted octanol–water partition coefficient (Wildman–Crippen LogP) is 5.37. The highest BCUT2D eigenvalue weighted by Gasteiger charge is 2.26. The lowest BCUT2D eigenvalue weighted by atomic mass is 10.1. The topological polar surface area (TPSA) is 55.2 Å². The van der Waals surface area contributed by atoms with Crippen LogP contribution in [0.4, 0.5) is 0 Å². The van der Waals surface area contributed by atoms with Crippen LogP contribution >= 0.6 is 15.9 Å². The average molecular weight is 476 g/mol. The molecule has 0 saturated carbocycles. The molecule has 1 atom stereocenters. The fourth-order valence-electron chi connectivity index (χ4n) is 3.75. The van der Waals surface area contributed by atoms with E-state index >= 15 is 0 Å². The van der Waals surface area contributed by atoms with Gasteiger partial charge in [-0.25, -0.2) is 4.98 Å². The molecule has 1 amide bonds. The van der Waals surface area contributed by atoms with Crippen molar-refractivity contribution < 1.29 is 4.79 Å². The molecule has 0 aliphatic rings. The van der Waals surface area contributed by atoms with Crippen molar-refractivity contribution in [2.45, 2.75) is 19.9 Å². The van der Waals surface area contributed by atoms with Gasteiger partial charge < -0.3 is 4.90 Å². The zero-order valence-electron chi connectivity index (χ0n) is 17.3. The van der Waals surface area contributed by atoms with Gasteiger partial charge in [-0.1, -0.05) is 46.3 Å². The number of halogens is 1. The lowest BCUT2D eigenvalue weighted by molar-refractivity contribution is 0.0693. The second-order valence-electron chi connectivity index (χ2n) is 7.24. The zero-order valence-corrected chi connectivity index (χ0v) is 18.9. The van der Waals surface area contributed by atoms with E-state index in [4.69, 9.17) is 4.98 Å². The van der Waals surface area contributed by atoms with Crippen LogP contribution in [0.1, 0.15) is 36.1 Å². The van der Waals surface area contributed by atoms with Crippen molar-refractivity contribution in [2.24, 2.45) is 0 Å². The minimum Gasteiger partial charge on any atom is -0.329 e. The molecule has 0 radical (unpaired) electrons. The second-order valence-corrected chi connectivity index (χ2v) is 8.15. The fraction of sp³-hybridized carbons (Fsp3) is 0.160. The smallest absolute Gasteiger partial charge is 0.266 e. The Hall–Kier alpha value is -3.25. The Kier molecular flexibility index (Phi) is 6.00. The molecular weight excluding hydrogens is 454 g/mol. The largest absolute Gasteiger partial charge is 0.329 e. The summed E-state index contributed by atoms with van der Waals surface area (Å²) in [5.41, 5.74) is 1.77. The van der Waals surface area contributed by atoms with Gasteiger partial charge in [0.05, 0.1) is 22.6 Å². The summed E-state index contributed by atoms with van der Waals surface area (Å²) in [5.74, 6) is 0.428. The van der Waals surface area contributed by atoms with Crippen LogP contribution in [0.2, 0.25) is 0 Å². The fourth-order valence-corrected chi connectivity index (χ4v) is 4.01. The minimum atomic E-state index is -0.418. The van der Waals surface area contributed by atoms with Gasteiger partial charge >= 0.3 is 0 Å². The van der Waals surface area contributed by atoms with Gasteiger partial charge in [0.2, 0.25) is 0 Å². The maximum atomic E-state index is 13.5. The van der Waals surface area contributed by atoms with Crippen LogP contribution in [0.3, 0.4) is 0 Å². The predicted molar refractivity (Wildman–Crippen MR) is 127 cm³/mol. The Morgan fingerprint density at radius 1 is 1.00 bits per heavy atom. The highest BCUT2D eigenvalue weighted by atomic mass is 79.9. The van der Waals surface area contributed by atoms with Gasteiger partial charge in [-0.05, 0) is 62.4 Å². The number of benzene rings is 3. The molecule has 156 valence electrons. The number of nitrogens with zero attached hydrogens (tertiary/aromatic N) is 3. The van der Waals surface area contributed by atoms with Crippen molar-refractivity contribution in [3.63, 3.8) is 0 Å². The number of carbonyl (C=O) groups excluding carboxylic acids is 1. The van der Waals surface area contributed by atoms with Gasteiger partial charge in [-0.2, -0.15) is 0 Å². The first-order valence-electron chi connectivity index (χ1n) is 10.1. The molecule has 5 nitrogen and oxygen atoms in total. The molecule has 0 bridgehead atoms. The highest BCUT2D eigenvalue weighted by molar-refractivity contribution is 9.10. The number of rotatable bonds is 5. The van der Waals surface area contributed by atoms with Crippen LogP contribution in [0.5, 0.6) is 0 Å². The molecule has 0 spiro atoms. The number of hydrogen-bond acceptors (Lipinski definition) is 3. The van der Waals surface area contributed by atoms with Crippen LogP contribution in [0.15, 0.2) is 88.1 Å². The third-order valence-electron chi connectivity index (χ3n) is 5.35. The number of amides is 1. The molecule has 0 saturated heterocycles. The van der Waals surface area contributed by atoms with Gasteiger partial charge in [0.15, 0.2) is 0 Å². The summed E-state index contributed by atoms with van der Waals surface area (Å²) >= 11 is 3.45. The van der Waals surface area contributed by atoms with Crippen LogP contribution in [-0.2, 0) is 0 Å². The molecule has 6 heteroatoms. The number of aromatic nitrogens is 2. The molecule has 1 heterocycles. The zero-order chi connectivity index (χ0) is 22.0. The third kappa shape index (κ3) is 4.03. The molecule has 1 unspecified atom stereocenters. The third-order valence-corrected chi connectivity index (χ3v) is 5.88. The Labute approximate surface area is 189 Å². The van der Waals surface area contributed by atoms with Crippen LogP contribution in [0.25, 0.3) is 16.6 Å². The van der Waals surface area contributed by atoms with Gasteiger partial charge in [0, 0.05) is 16.6 Å². The lowest BCUT2D eigenvalue weighted by Crippen LogP contribution is -2.37. The van der Waals surface area contributed by atoms with Crippen molar-refractivity contribution in [1.29, 1.82) is 0 Å². The van der Waals surface area contributed by atoms with Gasteiger partial charge in [0.1, 0.15) is 5.82 Å². The summed E-state index contributed by atoms with van der Waals surface area (Å²) in [6, 6.07) is 23.6. The standard InChI is InChI=1S/C25H22BrN3O2/c1-3-28(24(30)18-9-5-4-6-10-18)17(2)23-27-22-12-8-7-11-21(22)25(31)29(23)20-15-13-19(26)14-16-20/h4-17H,3H2,1-2H3. The number of para-hydroxylation sites is 1. The lowest BCUT2D eigenvalue weighted by Gasteiger charge is -2.29. The first-order valence-corrected chi connectivity index (χ1v) is 10.9. The van der Waals surface area contributed by atoms with Crippen LogP contribution in [-0.4, -0.2) is 26.9 Å². The molecule has 1 aromatic heterocycles. The number of carbonyl (C=O) groups is 1. The Morgan fingerprint density at radius 2 is 1.65 bits per heavy atom. The normalized spacial score (nSPS) is 12.0. The van der Waals surface area contributed by atoms with E-state index in [-0.39, 0.29) is 11.5 Å². The molecule has 0 fully saturated rings. The van der Waals surface area contributed by atoms with E-state index < -0.39 is 6.04 Å². The first-order chi connectivity index (χ1) is 15.0. The summed E-state index contributed by atoms with van der Waals surface area (Å²) in [6.45, 7) is 4.33. The van der Waals surface area contributed by atoms with Crippen LogP contribution < -0.4 is 5.56 Å². The van der Waals surface area contributed by atoms with Crippen LogP contribution in [0, 0.1) is 0 Å². The van der Waals surface area contributed by atoms with E-state index in [1.807, 2.05) is 74.5 Å². The minimum absolute atomic E-state index is 0.0969. The summed E-state index contributed by atoms with van der Waals surface area (Å²) < 4.78 is 2.53. The molecule has 4 aromatic rings. The van der Waals surface area contributed by atoms with Crippen molar-refractivity contribution in [3.8, 4) is 5.69 Å². The number of fused-ring (bicyclic) bond motifs is 1. The molecule has 4 rings (SSSR count). The van der Waals surface area contributed by atoms with E-state index in [0.717, 1.165) is 4.47 Å². The van der Waals surface area contributed by atoms with E-state index in [1.165, 1.54) is 0 Å². The Balaban J connectivity index is 1.90. The summed E-state index contributed by atoms with van der Waals surface area (Å²) in [7, 11) is 0. The molecule has 31 heavy (non-hydrogen) atoms. The maximum absolute atomic E-state index is 13.5. The van der Waals surface area contributed by atoms with E-state index in [2.05, 4.69) is 15.9 Å². The van der Waals surface area contributed by atoms with Crippen molar-refractivity contribution in [3.05, 3.63) is 105 Å². The second kappa shape index (κ2) is 8.86. The number of hydrogen-bond donors (Lipinski definition) is 0. The summed E-state index contributed by atoms with van der Waals surface area (Å²) in [6.07, 6.45) is 0. The molecule has 0 aliphatic heterocycles. The van der Waals surface area contributed by atoms with E-state index in [9.17, 15) is 9.59 Å². The monoisotopic (exact) mass is 475 g/mol. The highest BCUT2D eigenvalue weighted by Crippen LogP contribution is 2.25.